The van der Waals surface area contributed by atoms with Crippen molar-refractivity contribution in [3.8, 4) is 0 Å². The molecule has 4 aliphatic carbocycles. The van der Waals surface area contributed by atoms with Crippen molar-refractivity contribution in [1.29, 1.82) is 0 Å². The molecule has 0 aromatic heterocycles. The molecule has 2 nitrogen and oxygen atoms in total. The van der Waals surface area contributed by atoms with Crippen molar-refractivity contribution in [2.24, 2.45) is 29.1 Å². The third-order valence-electron chi connectivity index (χ3n) is 7.16. The number of carbonyl (C=O) groups is 1. The highest BCUT2D eigenvalue weighted by Gasteiger charge is 2.59. The summed E-state index contributed by atoms with van der Waals surface area (Å²) >= 11 is 0. The maximum absolute atomic E-state index is 12.8. The van der Waals surface area contributed by atoms with Crippen LogP contribution in [0, 0.1) is 29.1 Å². The lowest BCUT2D eigenvalue weighted by Gasteiger charge is -2.60. The number of unbranched alkanes of at least 4 members (excludes halogenated alkanes) is 1. The molecule has 126 valence electrons. The van der Waals surface area contributed by atoms with E-state index in [4.69, 9.17) is 4.74 Å². The molecular weight excluding hydrogens is 272 g/mol. The molecule has 4 fully saturated rings. The number of hydrogen-bond acceptors (Lipinski definition) is 2. The minimum atomic E-state index is -0.339. The number of esters is 1. The largest absolute Gasteiger partial charge is 0.458 e. The lowest BCUT2D eigenvalue weighted by atomic mass is 9.49. The molecule has 22 heavy (non-hydrogen) atoms. The molecule has 0 N–H and O–H groups in total. The van der Waals surface area contributed by atoms with Gasteiger partial charge in [-0.3, -0.25) is 4.79 Å². The first-order chi connectivity index (χ1) is 10.4. The summed E-state index contributed by atoms with van der Waals surface area (Å²) in [5.74, 6) is 3.20. The highest BCUT2D eigenvalue weighted by atomic mass is 16.6. The molecule has 4 rings (SSSR count). The van der Waals surface area contributed by atoms with Gasteiger partial charge in [-0.1, -0.05) is 20.3 Å². The Balaban J connectivity index is 1.84. The van der Waals surface area contributed by atoms with Crippen LogP contribution in [-0.4, -0.2) is 11.6 Å². The minimum absolute atomic E-state index is 0.0542. The summed E-state index contributed by atoms with van der Waals surface area (Å²) in [6, 6.07) is 0. The molecule has 0 heterocycles. The summed E-state index contributed by atoms with van der Waals surface area (Å²) in [6.07, 6.45) is 11.1. The second kappa shape index (κ2) is 5.83. The number of rotatable bonds is 6. The van der Waals surface area contributed by atoms with Gasteiger partial charge in [-0.2, -0.15) is 0 Å². The summed E-state index contributed by atoms with van der Waals surface area (Å²) < 4.78 is 6.43. The second-order valence-corrected chi connectivity index (χ2v) is 8.99. The first-order valence-electron chi connectivity index (χ1n) is 9.64. The van der Waals surface area contributed by atoms with Crippen LogP contribution in [0.15, 0.2) is 0 Å². The van der Waals surface area contributed by atoms with E-state index in [2.05, 4.69) is 13.8 Å². The van der Waals surface area contributed by atoms with Crippen LogP contribution in [0.1, 0.15) is 85.5 Å². The number of carbonyl (C=O) groups excluding carboxylic acids is 1. The molecule has 4 aliphatic rings. The van der Waals surface area contributed by atoms with Crippen molar-refractivity contribution in [2.45, 2.75) is 91.1 Å². The molecule has 2 heteroatoms. The first-order valence-corrected chi connectivity index (χ1v) is 9.64. The molecule has 0 saturated heterocycles. The summed E-state index contributed by atoms with van der Waals surface area (Å²) in [5, 5.41) is 0. The van der Waals surface area contributed by atoms with E-state index in [1.54, 1.807) is 0 Å². The van der Waals surface area contributed by atoms with E-state index in [1.807, 2.05) is 13.8 Å². The molecule has 4 bridgehead atoms. The Kier molecular flexibility index (Phi) is 4.33. The zero-order chi connectivity index (χ0) is 16.0. The Morgan fingerprint density at radius 2 is 1.59 bits per heavy atom. The van der Waals surface area contributed by atoms with E-state index in [0.29, 0.717) is 11.8 Å². The molecule has 0 aromatic carbocycles. The zero-order valence-electron chi connectivity index (χ0n) is 15.0. The SMILES string of the molecule is CCCCC1(OC(=O)C(C)(C)CC)C2CC3CC(C2)CC1C3. The summed E-state index contributed by atoms with van der Waals surface area (Å²) in [6.45, 7) is 8.43. The Morgan fingerprint density at radius 1 is 1.05 bits per heavy atom. The Hall–Kier alpha value is -0.530. The standard InChI is InChI=1S/C20H34O2/c1-5-7-8-20(22-18(21)19(3,4)6-2)16-10-14-9-15(12-16)13-17(20)11-14/h14-17H,5-13H2,1-4H3. The van der Waals surface area contributed by atoms with Gasteiger partial charge in [-0.15, -0.1) is 0 Å². The van der Waals surface area contributed by atoms with Gasteiger partial charge >= 0.3 is 5.97 Å². The molecule has 0 radical (unpaired) electrons. The third kappa shape index (κ3) is 2.61. The molecule has 0 aromatic rings. The Labute approximate surface area is 136 Å². The first kappa shape index (κ1) is 16.3. The summed E-state index contributed by atoms with van der Waals surface area (Å²) in [7, 11) is 0. The fraction of sp³-hybridized carbons (Fsp3) is 0.950. The van der Waals surface area contributed by atoms with E-state index < -0.39 is 0 Å². The average Bonchev–Trinajstić information content (AvgIpc) is 2.48. The van der Waals surface area contributed by atoms with Crippen molar-refractivity contribution in [2.75, 3.05) is 0 Å². The van der Waals surface area contributed by atoms with E-state index in [-0.39, 0.29) is 17.0 Å². The second-order valence-electron chi connectivity index (χ2n) is 8.99. The van der Waals surface area contributed by atoms with E-state index in [0.717, 1.165) is 24.7 Å². The molecule has 0 amide bonds. The van der Waals surface area contributed by atoms with E-state index in [1.165, 1.54) is 44.9 Å². The Morgan fingerprint density at radius 3 is 2.05 bits per heavy atom. The van der Waals surface area contributed by atoms with Gasteiger partial charge in [0.25, 0.3) is 0 Å². The monoisotopic (exact) mass is 306 g/mol. The van der Waals surface area contributed by atoms with Crippen LogP contribution in [0.25, 0.3) is 0 Å². The van der Waals surface area contributed by atoms with Crippen LogP contribution in [-0.2, 0) is 9.53 Å². The number of ether oxygens (including phenoxy) is 1. The third-order valence-corrected chi connectivity index (χ3v) is 7.16. The van der Waals surface area contributed by atoms with Crippen molar-refractivity contribution in [1.82, 2.24) is 0 Å². The summed E-state index contributed by atoms with van der Waals surface area (Å²) in [4.78, 5) is 12.8. The molecule has 0 unspecified atom stereocenters. The predicted octanol–water partition coefficient (Wildman–Crippen LogP) is 5.35. The Bertz CT molecular complexity index is 395. The fourth-order valence-electron chi connectivity index (χ4n) is 5.52. The average molecular weight is 306 g/mol. The van der Waals surface area contributed by atoms with Gasteiger partial charge in [0, 0.05) is 0 Å². The van der Waals surface area contributed by atoms with Crippen molar-refractivity contribution >= 4 is 5.97 Å². The van der Waals surface area contributed by atoms with Crippen molar-refractivity contribution < 1.29 is 9.53 Å². The van der Waals surface area contributed by atoms with Crippen LogP contribution in [0.4, 0.5) is 0 Å². The normalized spacial score (nSPS) is 40.0. The van der Waals surface area contributed by atoms with Crippen molar-refractivity contribution in [3.05, 3.63) is 0 Å². The van der Waals surface area contributed by atoms with Crippen molar-refractivity contribution in [3.63, 3.8) is 0 Å². The van der Waals surface area contributed by atoms with Crippen LogP contribution in [0.3, 0.4) is 0 Å². The topological polar surface area (TPSA) is 26.3 Å². The maximum Gasteiger partial charge on any atom is 0.312 e. The van der Waals surface area contributed by atoms with Gasteiger partial charge < -0.3 is 4.74 Å². The molecule has 0 aliphatic heterocycles. The van der Waals surface area contributed by atoms with E-state index in [9.17, 15) is 4.79 Å². The van der Waals surface area contributed by atoms with Gasteiger partial charge in [-0.05, 0) is 88.9 Å². The maximum atomic E-state index is 12.8. The smallest absolute Gasteiger partial charge is 0.312 e. The van der Waals surface area contributed by atoms with Gasteiger partial charge in [0.1, 0.15) is 5.60 Å². The fourth-order valence-corrected chi connectivity index (χ4v) is 5.52. The van der Waals surface area contributed by atoms with Gasteiger partial charge in [0.15, 0.2) is 0 Å². The van der Waals surface area contributed by atoms with Crippen LogP contribution < -0.4 is 0 Å². The van der Waals surface area contributed by atoms with E-state index >= 15 is 0 Å². The molecule has 0 atom stereocenters. The minimum Gasteiger partial charge on any atom is -0.458 e. The lowest BCUT2D eigenvalue weighted by Crippen LogP contribution is -2.60. The zero-order valence-corrected chi connectivity index (χ0v) is 15.0. The quantitative estimate of drug-likeness (QED) is 0.618. The molecule has 4 saturated carbocycles. The molecule has 0 spiro atoms. The van der Waals surface area contributed by atoms with Crippen LogP contribution >= 0.6 is 0 Å². The predicted molar refractivity (Wildman–Crippen MR) is 89.5 cm³/mol. The van der Waals surface area contributed by atoms with Crippen LogP contribution in [0.5, 0.6) is 0 Å². The highest BCUT2D eigenvalue weighted by Crippen LogP contribution is 2.61. The van der Waals surface area contributed by atoms with Crippen LogP contribution in [0.2, 0.25) is 0 Å². The lowest BCUT2D eigenvalue weighted by molar-refractivity contribution is -0.220. The highest BCUT2D eigenvalue weighted by molar-refractivity contribution is 5.76. The molecular formula is C20H34O2. The number of hydrogen-bond donors (Lipinski definition) is 0. The van der Waals surface area contributed by atoms with Gasteiger partial charge in [0.2, 0.25) is 0 Å². The van der Waals surface area contributed by atoms with Gasteiger partial charge in [-0.25, -0.2) is 0 Å². The van der Waals surface area contributed by atoms with Gasteiger partial charge in [0.05, 0.1) is 5.41 Å². The summed E-state index contributed by atoms with van der Waals surface area (Å²) in [5.41, 5.74) is -0.458.